The fraction of sp³-hybridized carbons (Fsp3) is 0.222. The Morgan fingerprint density at radius 1 is 0.325 bits per heavy atom. The summed E-state index contributed by atoms with van der Waals surface area (Å²) < 4.78 is 0. The fourth-order valence-electron chi connectivity index (χ4n) is 6.93. The second-order valence-corrected chi connectivity index (χ2v) is 11.1. The predicted molar refractivity (Wildman–Crippen MR) is 167 cm³/mol. The van der Waals surface area contributed by atoms with Gasteiger partial charge in [-0.15, -0.1) is 0 Å². The van der Waals surface area contributed by atoms with Crippen LogP contribution in [0.5, 0.6) is 0 Å². The molecule has 4 aromatic carbocycles. The van der Waals surface area contributed by atoms with Gasteiger partial charge in [0.1, 0.15) is 0 Å². The van der Waals surface area contributed by atoms with Crippen molar-refractivity contribution >= 4 is 22.8 Å². The van der Waals surface area contributed by atoms with Gasteiger partial charge in [-0.1, -0.05) is 121 Å². The normalized spacial score (nSPS) is 18.2. The highest BCUT2D eigenvalue weighted by Gasteiger charge is 2.63. The molecule has 0 aromatic heterocycles. The zero-order chi connectivity index (χ0) is 28.1. The van der Waals surface area contributed by atoms with Gasteiger partial charge in [0.25, 0.3) is 0 Å². The van der Waals surface area contributed by atoms with Gasteiger partial charge < -0.3 is 19.6 Å². The van der Waals surface area contributed by atoms with E-state index < -0.39 is 11.3 Å². The first-order valence-corrected chi connectivity index (χ1v) is 14.0. The summed E-state index contributed by atoms with van der Waals surface area (Å²) in [6.45, 7) is 4.77. The summed E-state index contributed by atoms with van der Waals surface area (Å²) in [7, 11) is 9.02. The molecule has 0 unspecified atom stereocenters. The van der Waals surface area contributed by atoms with E-state index in [0.717, 1.165) is 0 Å². The lowest BCUT2D eigenvalue weighted by molar-refractivity contribution is -0.0995. The van der Waals surface area contributed by atoms with E-state index in [4.69, 9.17) is 0 Å². The second kappa shape index (κ2) is 9.63. The van der Waals surface area contributed by atoms with Crippen molar-refractivity contribution in [2.24, 2.45) is 0 Å². The molecule has 4 nitrogen and oxygen atoms in total. The van der Waals surface area contributed by atoms with Crippen LogP contribution in [0, 0.1) is 0 Å². The highest BCUT2D eigenvalue weighted by molar-refractivity contribution is 5.94. The van der Waals surface area contributed by atoms with E-state index in [0.29, 0.717) is 0 Å². The highest BCUT2D eigenvalue weighted by atomic mass is 15.6. The molecule has 0 atom stereocenters. The highest BCUT2D eigenvalue weighted by Crippen LogP contribution is 2.56. The van der Waals surface area contributed by atoms with E-state index in [1.165, 1.54) is 45.0 Å². The van der Waals surface area contributed by atoms with Crippen molar-refractivity contribution in [1.29, 1.82) is 0 Å². The molecule has 40 heavy (non-hydrogen) atoms. The summed E-state index contributed by atoms with van der Waals surface area (Å²) in [5.74, 6) is 0. The smallest absolute Gasteiger partial charge is 0.152 e. The van der Waals surface area contributed by atoms with Crippen molar-refractivity contribution in [2.75, 3.05) is 28.2 Å². The first kappa shape index (κ1) is 25.8. The summed E-state index contributed by atoms with van der Waals surface area (Å²) in [5.41, 5.74) is 8.87. The third kappa shape index (κ3) is 3.52. The zero-order valence-corrected chi connectivity index (χ0v) is 24.3. The Balaban J connectivity index is 1.57. The van der Waals surface area contributed by atoms with Crippen LogP contribution in [0.3, 0.4) is 0 Å². The Morgan fingerprint density at radius 2 is 0.500 bits per heavy atom. The maximum Gasteiger partial charge on any atom is 0.152 e. The number of nitrogens with zero attached hydrogens (tertiary/aromatic N) is 4. The van der Waals surface area contributed by atoms with Crippen molar-refractivity contribution in [3.05, 3.63) is 144 Å². The summed E-state index contributed by atoms with van der Waals surface area (Å²) in [6.07, 6.45) is 0. The van der Waals surface area contributed by atoms with Crippen molar-refractivity contribution < 1.29 is 0 Å². The summed E-state index contributed by atoms with van der Waals surface area (Å²) in [6, 6.07) is 43.2. The SMILES string of the molecule is CN1C(c2ccccc2)=C(c2ccccc2)N(C)C1(C)C1(C)N(C)C(c2ccccc2)=C(c2ccccc2)N1C. The van der Waals surface area contributed by atoms with Crippen LogP contribution in [0.2, 0.25) is 0 Å². The van der Waals surface area contributed by atoms with Crippen LogP contribution in [0.1, 0.15) is 36.1 Å². The Kier molecular flexibility index (Phi) is 6.22. The van der Waals surface area contributed by atoms with Gasteiger partial charge in [0.05, 0.1) is 22.8 Å². The maximum absolute atomic E-state index is 2.49. The number of hydrogen-bond donors (Lipinski definition) is 0. The molecule has 0 amide bonds. The van der Waals surface area contributed by atoms with Gasteiger partial charge in [-0.25, -0.2) is 0 Å². The molecule has 0 fully saturated rings. The minimum Gasteiger partial charge on any atom is -0.346 e. The number of likely N-dealkylation sites (N-methyl/N-ethyl adjacent to an activating group) is 4. The Labute approximate surface area is 239 Å². The zero-order valence-electron chi connectivity index (χ0n) is 24.3. The van der Waals surface area contributed by atoms with E-state index in [1.807, 2.05) is 0 Å². The molecule has 0 radical (unpaired) electrons. The van der Waals surface area contributed by atoms with E-state index in [1.54, 1.807) is 0 Å². The van der Waals surface area contributed by atoms with E-state index >= 15 is 0 Å². The monoisotopic (exact) mass is 526 g/mol. The molecule has 0 spiro atoms. The second-order valence-electron chi connectivity index (χ2n) is 11.1. The lowest BCUT2D eigenvalue weighted by Gasteiger charge is -2.58. The van der Waals surface area contributed by atoms with Gasteiger partial charge in [0.2, 0.25) is 0 Å². The van der Waals surface area contributed by atoms with E-state index in [-0.39, 0.29) is 0 Å². The molecule has 4 heteroatoms. The van der Waals surface area contributed by atoms with Crippen molar-refractivity contribution in [1.82, 2.24) is 19.6 Å². The molecular weight excluding hydrogens is 488 g/mol. The molecule has 202 valence electrons. The summed E-state index contributed by atoms with van der Waals surface area (Å²) in [4.78, 5) is 9.98. The van der Waals surface area contributed by atoms with Crippen molar-refractivity contribution in [2.45, 2.75) is 25.2 Å². The molecule has 0 saturated carbocycles. The third-order valence-corrected chi connectivity index (χ3v) is 9.49. The predicted octanol–water partition coefficient (Wildman–Crippen LogP) is 7.23. The lowest BCUT2D eigenvalue weighted by Crippen LogP contribution is -2.72. The minimum absolute atomic E-state index is 0.455. The van der Waals surface area contributed by atoms with Crippen molar-refractivity contribution in [3.8, 4) is 0 Å². The molecule has 2 aliphatic heterocycles. The van der Waals surface area contributed by atoms with Crippen LogP contribution >= 0.6 is 0 Å². The Bertz CT molecular complexity index is 1330. The minimum atomic E-state index is -0.455. The first-order valence-electron chi connectivity index (χ1n) is 14.0. The van der Waals surface area contributed by atoms with Gasteiger partial charge >= 0.3 is 0 Å². The number of rotatable bonds is 5. The van der Waals surface area contributed by atoms with Gasteiger partial charge in [0.15, 0.2) is 11.3 Å². The summed E-state index contributed by atoms with van der Waals surface area (Å²) in [5, 5.41) is 0. The summed E-state index contributed by atoms with van der Waals surface area (Å²) >= 11 is 0. The molecule has 2 aliphatic rings. The van der Waals surface area contributed by atoms with Crippen LogP contribution < -0.4 is 0 Å². The van der Waals surface area contributed by atoms with Crippen LogP contribution in [-0.4, -0.2) is 59.1 Å². The van der Waals surface area contributed by atoms with Crippen LogP contribution in [0.25, 0.3) is 22.8 Å². The number of hydrogen-bond acceptors (Lipinski definition) is 4. The molecule has 0 bridgehead atoms. The topological polar surface area (TPSA) is 13.0 Å². The lowest BCUT2D eigenvalue weighted by atomic mass is 9.90. The van der Waals surface area contributed by atoms with E-state index in [9.17, 15) is 0 Å². The Hall–Kier alpha value is -4.44. The molecule has 0 N–H and O–H groups in total. The average Bonchev–Trinajstić information content (AvgIpc) is 3.35. The van der Waals surface area contributed by atoms with Crippen LogP contribution in [0.4, 0.5) is 0 Å². The molecule has 0 aliphatic carbocycles. The van der Waals surface area contributed by atoms with Gasteiger partial charge in [-0.3, -0.25) is 0 Å². The van der Waals surface area contributed by atoms with Crippen molar-refractivity contribution in [3.63, 3.8) is 0 Å². The average molecular weight is 527 g/mol. The maximum atomic E-state index is 2.49. The standard InChI is InChI=1S/C36H38N4/c1-35(37(3)31(27-19-11-7-12-20-27)32(38(35)4)28-21-13-8-14-22-28)36(2)39(5)33(29-23-15-9-16-24-29)34(40(36)6)30-25-17-10-18-26-30/h7-26H,1-6H3. The first-order chi connectivity index (χ1) is 19.3. The fourth-order valence-corrected chi connectivity index (χ4v) is 6.93. The quantitative estimate of drug-likeness (QED) is 0.272. The van der Waals surface area contributed by atoms with Gasteiger partial charge in [-0.05, 0) is 13.8 Å². The molecule has 2 heterocycles. The molecule has 6 rings (SSSR count). The molecular formula is C36H38N4. The third-order valence-electron chi connectivity index (χ3n) is 9.49. The van der Waals surface area contributed by atoms with E-state index in [2.05, 4.69) is 183 Å². The number of benzene rings is 4. The van der Waals surface area contributed by atoms with Crippen LogP contribution in [0.15, 0.2) is 121 Å². The van der Waals surface area contributed by atoms with Crippen LogP contribution in [-0.2, 0) is 0 Å². The van der Waals surface area contributed by atoms with Gasteiger partial charge in [0, 0.05) is 50.4 Å². The molecule has 4 aromatic rings. The largest absolute Gasteiger partial charge is 0.346 e. The van der Waals surface area contributed by atoms with Gasteiger partial charge in [-0.2, -0.15) is 0 Å². The Morgan fingerprint density at radius 3 is 0.675 bits per heavy atom. The molecule has 0 saturated heterocycles.